The molecule has 0 bridgehead atoms. The monoisotopic (exact) mass is 277 g/mol. The lowest BCUT2D eigenvalue weighted by molar-refractivity contribution is -0.384. The molecule has 0 amide bonds. The number of hydrogen-bond acceptors (Lipinski definition) is 5. The summed E-state index contributed by atoms with van der Waals surface area (Å²) < 4.78 is 0. The number of anilines is 2. The van der Waals surface area contributed by atoms with Gasteiger partial charge in [-0.3, -0.25) is 10.1 Å². The van der Waals surface area contributed by atoms with Crippen LogP contribution in [-0.2, 0) is 13.0 Å². The first-order valence-electron chi connectivity index (χ1n) is 5.95. The predicted octanol–water partition coefficient (Wildman–Crippen LogP) is 3.41. The average Bonchev–Trinajstić information content (AvgIpc) is 2.84. The molecule has 0 aliphatic heterocycles. The quantitative estimate of drug-likeness (QED) is 0.498. The first-order chi connectivity index (χ1) is 9.11. The van der Waals surface area contributed by atoms with Crippen LogP contribution in [0.15, 0.2) is 29.6 Å². The molecule has 1 heterocycles. The summed E-state index contributed by atoms with van der Waals surface area (Å²) in [6.07, 6.45) is 0.996. The van der Waals surface area contributed by atoms with Crippen LogP contribution in [0.2, 0.25) is 0 Å². The first kappa shape index (κ1) is 13.4. The molecule has 0 atom stereocenters. The van der Waals surface area contributed by atoms with E-state index in [0.717, 1.165) is 12.1 Å². The van der Waals surface area contributed by atoms with Crippen LogP contribution in [0.4, 0.5) is 17.1 Å². The van der Waals surface area contributed by atoms with E-state index in [1.165, 1.54) is 22.6 Å². The Morgan fingerprint density at radius 1 is 1.42 bits per heavy atom. The van der Waals surface area contributed by atoms with Crippen LogP contribution >= 0.6 is 11.3 Å². The van der Waals surface area contributed by atoms with Crippen LogP contribution in [0.3, 0.4) is 0 Å². The van der Waals surface area contributed by atoms with Crippen molar-refractivity contribution >= 4 is 28.4 Å². The van der Waals surface area contributed by atoms with E-state index in [4.69, 9.17) is 5.73 Å². The minimum absolute atomic E-state index is 0.00780. The SMILES string of the molecule is CCc1ccsc1CNc1ccc([N+](=O)[O-])cc1N. The van der Waals surface area contributed by atoms with E-state index in [-0.39, 0.29) is 5.69 Å². The van der Waals surface area contributed by atoms with Gasteiger partial charge < -0.3 is 11.1 Å². The minimum Gasteiger partial charge on any atom is -0.397 e. The van der Waals surface area contributed by atoms with E-state index in [0.29, 0.717) is 12.2 Å². The topological polar surface area (TPSA) is 81.2 Å². The van der Waals surface area contributed by atoms with Crippen molar-refractivity contribution in [2.45, 2.75) is 19.9 Å². The molecule has 100 valence electrons. The highest BCUT2D eigenvalue weighted by molar-refractivity contribution is 7.10. The molecule has 1 aromatic carbocycles. The second kappa shape index (κ2) is 5.71. The van der Waals surface area contributed by atoms with E-state index in [1.54, 1.807) is 17.4 Å². The Morgan fingerprint density at radius 3 is 2.84 bits per heavy atom. The van der Waals surface area contributed by atoms with Gasteiger partial charge >= 0.3 is 0 Å². The molecule has 6 heteroatoms. The fourth-order valence-corrected chi connectivity index (χ4v) is 2.75. The molecule has 0 unspecified atom stereocenters. The number of nitro benzene ring substituents is 1. The van der Waals surface area contributed by atoms with E-state index >= 15 is 0 Å². The van der Waals surface area contributed by atoms with Crippen LogP contribution < -0.4 is 11.1 Å². The van der Waals surface area contributed by atoms with Crippen molar-refractivity contribution in [2.24, 2.45) is 0 Å². The first-order valence-corrected chi connectivity index (χ1v) is 6.82. The number of aryl methyl sites for hydroxylation is 1. The predicted molar refractivity (Wildman–Crippen MR) is 78.5 cm³/mol. The average molecular weight is 277 g/mol. The maximum atomic E-state index is 10.6. The van der Waals surface area contributed by atoms with Gasteiger partial charge in [-0.05, 0) is 29.5 Å². The fourth-order valence-electron chi connectivity index (χ4n) is 1.84. The van der Waals surface area contributed by atoms with E-state index < -0.39 is 4.92 Å². The molecule has 0 fully saturated rings. The van der Waals surface area contributed by atoms with Gasteiger partial charge in [0.05, 0.1) is 16.3 Å². The Hall–Kier alpha value is -2.08. The molecule has 0 radical (unpaired) electrons. The minimum atomic E-state index is -0.450. The highest BCUT2D eigenvalue weighted by Gasteiger charge is 2.09. The molecule has 0 aliphatic rings. The number of nitro groups is 1. The highest BCUT2D eigenvalue weighted by Crippen LogP contribution is 2.26. The zero-order chi connectivity index (χ0) is 13.8. The van der Waals surface area contributed by atoms with Crippen LogP contribution in [0.5, 0.6) is 0 Å². The molecule has 1 aromatic heterocycles. The zero-order valence-electron chi connectivity index (χ0n) is 10.6. The Morgan fingerprint density at radius 2 is 2.21 bits per heavy atom. The third kappa shape index (κ3) is 3.03. The molecule has 2 rings (SSSR count). The lowest BCUT2D eigenvalue weighted by Gasteiger charge is -2.09. The number of nitrogen functional groups attached to an aromatic ring is 1. The summed E-state index contributed by atoms with van der Waals surface area (Å²) in [5, 5.41) is 15.9. The molecule has 0 saturated carbocycles. The number of rotatable bonds is 5. The van der Waals surface area contributed by atoms with E-state index in [2.05, 4.69) is 23.7 Å². The summed E-state index contributed by atoms with van der Waals surface area (Å²) in [6, 6.07) is 6.58. The van der Waals surface area contributed by atoms with Gasteiger partial charge in [0.1, 0.15) is 0 Å². The summed E-state index contributed by atoms with van der Waals surface area (Å²) in [5.74, 6) is 0. The van der Waals surface area contributed by atoms with Crippen LogP contribution in [0.25, 0.3) is 0 Å². The van der Waals surface area contributed by atoms with Crippen LogP contribution in [0.1, 0.15) is 17.4 Å². The molecule has 2 aromatic rings. The van der Waals surface area contributed by atoms with Crippen molar-refractivity contribution in [3.05, 3.63) is 50.2 Å². The van der Waals surface area contributed by atoms with Crippen molar-refractivity contribution in [1.82, 2.24) is 0 Å². The van der Waals surface area contributed by atoms with Crippen molar-refractivity contribution in [2.75, 3.05) is 11.1 Å². The summed E-state index contributed by atoms with van der Waals surface area (Å²) in [5.41, 5.74) is 8.25. The lowest BCUT2D eigenvalue weighted by Crippen LogP contribution is -2.03. The van der Waals surface area contributed by atoms with Gasteiger partial charge in [-0.15, -0.1) is 11.3 Å². The molecule has 0 saturated heterocycles. The van der Waals surface area contributed by atoms with Gasteiger partial charge in [-0.1, -0.05) is 6.92 Å². The van der Waals surface area contributed by atoms with Gasteiger partial charge in [0.15, 0.2) is 0 Å². The largest absolute Gasteiger partial charge is 0.397 e. The summed E-state index contributed by atoms with van der Waals surface area (Å²) in [4.78, 5) is 11.4. The van der Waals surface area contributed by atoms with Gasteiger partial charge in [-0.2, -0.15) is 0 Å². The van der Waals surface area contributed by atoms with Crippen molar-refractivity contribution in [3.8, 4) is 0 Å². The normalized spacial score (nSPS) is 10.4. The summed E-state index contributed by atoms with van der Waals surface area (Å²) >= 11 is 1.70. The molecule has 0 spiro atoms. The number of thiophene rings is 1. The number of nitrogens with zero attached hydrogens (tertiary/aromatic N) is 1. The third-order valence-electron chi connectivity index (χ3n) is 2.90. The van der Waals surface area contributed by atoms with Gasteiger partial charge in [0.2, 0.25) is 0 Å². The van der Waals surface area contributed by atoms with Gasteiger partial charge in [0, 0.05) is 23.6 Å². The molecule has 3 N–H and O–H groups in total. The maximum absolute atomic E-state index is 10.6. The van der Waals surface area contributed by atoms with Crippen LogP contribution in [0, 0.1) is 10.1 Å². The number of hydrogen-bond donors (Lipinski definition) is 2. The summed E-state index contributed by atoms with van der Waals surface area (Å²) in [7, 11) is 0. The number of nitrogens with two attached hydrogens (primary N) is 1. The third-order valence-corrected chi connectivity index (χ3v) is 3.87. The number of non-ortho nitro benzene ring substituents is 1. The van der Waals surface area contributed by atoms with Gasteiger partial charge in [0.25, 0.3) is 5.69 Å². The van der Waals surface area contributed by atoms with Crippen molar-refractivity contribution in [3.63, 3.8) is 0 Å². The zero-order valence-corrected chi connectivity index (χ0v) is 11.4. The number of nitrogens with one attached hydrogen (secondary N) is 1. The maximum Gasteiger partial charge on any atom is 0.271 e. The van der Waals surface area contributed by atoms with Crippen molar-refractivity contribution in [1.29, 1.82) is 0 Å². The van der Waals surface area contributed by atoms with E-state index in [9.17, 15) is 10.1 Å². The highest BCUT2D eigenvalue weighted by atomic mass is 32.1. The molecular weight excluding hydrogens is 262 g/mol. The summed E-state index contributed by atoms with van der Waals surface area (Å²) in [6.45, 7) is 2.80. The Kier molecular flexibility index (Phi) is 4.01. The fraction of sp³-hybridized carbons (Fsp3) is 0.231. The number of benzene rings is 1. The second-order valence-electron chi connectivity index (χ2n) is 4.10. The molecule has 0 aliphatic carbocycles. The molecule has 19 heavy (non-hydrogen) atoms. The Balaban J connectivity index is 2.10. The molecule has 5 nitrogen and oxygen atoms in total. The van der Waals surface area contributed by atoms with E-state index in [1.807, 2.05) is 0 Å². The Labute approximate surface area is 115 Å². The van der Waals surface area contributed by atoms with Gasteiger partial charge in [-0.25, -0.2) is 0 Å². The molecular formula is C13H15N3O2S. The lowest BCUT2D eigenvalue weighted by atomic mass is 10.2. The van der Waals surface area contributed by atoms with Crippen molar-refractivity contribution < 1.29 is 4.92 Å². The smallest absolute Gasteiger partial charge is 0.271 e. The standard InChI is InChI=1S/C13H15N3O2S/c1-2-9-5-6-19-13(9)8-15-12-4-3-10(16(17)18)7-11(12)14/h3-7,15H,2,8,14H2,1H3. The Bertz CT molecular complexity index is 595. The second-order valence-corrected chi connectivity index (χ2v) is 5.11. The van der Waals surface area contributed by atoms with Crippen LogP contribution in [-0.4, -0.2) is 4.92 Å².